The number of hydrogen-bond acceptors (Lipinski definition) is 10. The lowest BCUT2D eigenvalue weighted by Gasteiger charge is -2.34. The first-order chi connectivity index (χ1) is 26.4. The highest BCUT2D eigenvalue weighted by Crippen LogP contribution is 2.39. The van der Waals surface area contributed by atoms with E-state index < -0.39 is 0 Å². The van der Waals surface area contributed by atoms with E-state index in [2.05, 4.69) is 26.6 Å². The van der Waals surface area contributed by atoms with Crippen LogP contribution in [0.3, 0.4) is 0 Å². The van der Waals surface area contributed by atoms with Gasteiger partial charge in [0.2, 0.25) is 17.6 Å². The lowest BCUT2D eigenvalue weighted by Crippen LogP contribution is -2.51. The molecule has 54 heavy (non-hydrogen) atoms. The summed E-state index contributed by atoms with van der Waals surface area (Å²) in [5.74, 6) is 2.20. The minimum absolute atomic E-state index is 0.00937. The van der Waals surface area contributed by atoms with Crippen molar-refractivity contribution in [2.45, 2.75) is 76.5 Å². The van der Waals surface area contributed by atoms with Crippen molar-refractivity contribution in [2.24, 2.45) is 5.92 Å². The van der Waals surface area contributed by atoms with Crippen molar-refractivity contribution >= 4 is 35.2 Å². The Hall–Kier alpha value is -3.61. The van der Waals surface area contributed by atoms with Gasteiger partial charge in [0.25, 0.3) is 0 Å². The van der Waals surface area contributed by atoms with Crippen LogP contribution >= 0.6 is 11.3 Å². The van der Waals surface area contributed by atoms with Crippen molar-refractivity contribution in [3.8, 4) is 17.2 Å². The Morgan fingerprint density at radius 3 is 1.98 bits per heavy atom. The molecule has 0 spiro atoms. The number of likely N-dealkylation sites (tertiary alicyclic amines) is 2. The number of benzene rings is 1. The molecule has 4 heterocycles. The number of hydrogen-bond donors (Lipinski definition) is 0. The van der Waals surface area contributed by atoms with Crippen LogP contribution in [0.2, 0.25) is 0 Å². The molecule has 12 heteroatoms. The largest absolute Gasteiger partial charge is 0.493 e. The van der Waals surface area contributed by atoms with Crippen LogP contribution in [0.15, 0.2) is 35.0 Å². The number of thiophene rings is 1. The van der Waals surface area contributed by atoms with Gasteiger partial charge < -0.3 is 28.7 Å². The molecule has 1 saturated carbocycles. The second-order valence-electron chi connectivity index (χ2n) is 14.8. The first-order valence-electron chi connectivity index (χ1n) is 20.1. The van der Waals surface area contributed by atoms with Crippen LogP contribution in [0.1, 0.15) is 87.7 Å². The van der Waals surface area contributed by atoms with Gasteiger partial charge in [0, 0.05) is 51.9 Å². The lowest BCUT2D eigenvalue weighted by molar-refractivity contribution is -0.147. The van der Waals surface area contributed by atoms with Gasteiger partial charge in [0.15, 0.2) is 11.5 Å². The highest BCUT2D eigenvalue weighted by Gasteiger charge is 2.32. The quantitative estimate of drug-likeness (QED) is 0.171. The molecule has 3 saturated heterocycles. The van der Waals surface area contributed by atoms with Crippen molar-refractivity contribution in [3.63, 3.8) is 0 Å². The van der Waals surface area contributed by atoms with Crippen LogP contribution in [0, 0.1) is 5.92 Å². The molecule has 0 bridgehead atoms. The third-order valence-electron chi connectivity index (χ3n) is 11.2. The Morgan fingerprint density at radius 2 is 1.39 bits per heavy atom. The Labute approximate surface area is 326 Å². The second kappa shape index (κ2) is 22.1. The molecule has 2 aromatic rings. The summed E-state index contributed by atoms with van der Waals surface area (Å²) in [6.07, 6.45) is 16.9. The van der Waals surface area contributed by atoms with Gasteiger partial charge in [-0.15, -0.1) is 0 Å². The van der Waals surface area contributed by atoms with E-state index in [1.807, 2.05) is 9.80 Å². The first-order valence-corrected chi connectivity index (χ1v) is 21.0. The molecule has 6 rings (SSSR count). The van der Waals surface area contributed by atoms with Crippen LogP contribution in [-0.2, 0) is 19.1 Å². The maximum Gasteiger partial charge on any atom is 0.313 e. The number of carbonyl (C=O) groups excluding carboxylic acids is 3. The Morgan fingerprint density at radius 1 is 0.759 bits per heavy atom. The Balaban J connectivity index is 0.000000213. The van der Waals surface area contributed by atoms with E-state index in [9.17, 15) is 14.4 Å². The number of esters is 1. The van der Waals surface area contributed by atoms with Crippen LogP contribution in [0.5, 0.6) is 17.2 Å². The molecule has 1 aliphatic carbocycles. The predicted molar refractivity (Wildman–Crippen MR) is 213 cm³/mol. The van der Waals surface area contributed by atoms with Gasteiger partial charge in [-0.25, -0.2) is 0 Å². The van der Waals surface area contributed by atoms with Crippen molar-refractivity contribution < 1.29 is 33.3 Å². The van der Waals surface area contributed by atoms with Gasteiger partial charge in [-0.05, 0) is 104 Å². The number of amides is 2. The van der Waals surface area contributed by atoms with Gasteiger partial charge in [-0.1, -0.05) is 32.1 Å². The van der Waals surface area contributed by atoms with Crippen LogP contribution < -0.4 is 14.2 Å². The lowest BCUT2D eigenvalue weighted by atomic mass is 9.77. The number of methoxy groups -OCH3 is 3. The fourth-order valence-electron chi connectivity index (χ4n) is 8.10. The molecule has 298 valence electrons. The molecular weight excluding hydrogens is 705 g/mol. The molecule has 1 aromatic heterocycles. The standard InChI is InChI=1S/C22H31N3O5.C20H31NO2S/c1-28-18-14-17(15-19(29-2)22(18)30-3)6-7-20(26)25-12-10-23(11-13-25)16-21(27)24-8-4-5-9-24;22-20(23-14-13-21-11-6-1-2-7-12-21)19(18-10-15-24-16-18)17-8-4-3-5-9-17/h6-7,14-15H,4-5,8-13,16H2,1-3H3;10,15-17,19H,1-9,11-14H2/b7-6+;. The summed E-state index contributed by atoms with van der Waals surface area (Å²) < 4.78 is 21.8. The molecule has 3 aliphatic heterocycles. The first kappa shape index (κ1) is 41.6. The average Bonchev–Trinajstić information content (AvgIpc) is 3.89. The van der Waals surface area contributed by atoms with Crippen LogP contribution in [0.4, 0.5) is 0 Å². The number of piperazine rings is 1. The van der Waals surface area contributed by atoms with E-state index in [0.29, 0.717) is 62.5 Å². The van der Waals surface area contributed by atoms with E-state index >= 15 is 0 Å². The summed E-state index contributed by atoms with van der Waals surface area (Å²) in [5.41, 5.74) is 1.96. The molecular formula is C42H62N4O7S. The molecule has 11 nitrogen and oxygen atoms in total. The van der Waals surface area contributed by atoms with E-state index in [4.69, 9.17) is 18.9 Å². The van der Waals surface area contributed by atoms with Crippen LogP contribution in [-0.4, -0.2) is 131 Å². The van der Waals surface area contributed by atoms with Crippen molar-refractivity contribution in [3.05, 3.63) is 46.2 Å². The summed E-state index contributed by atoms with van der Waals surface area (Å²) in [6.45, 7) is 8.63. The maximum atomic E-state index is 12.8. The molecule has 1 unspecified atom stereocenters. The normalized spacial score (nSPS) is 19.5. The second-order valence-corrected chi connectivity index (χ2v) is 15.6. The summed E-state index contributed by atoms with van der Waals surface area (Å²) in [6, 6.07) is 5.71. The van der Waals surface area contributed by atoms with Crippen LogP contribution in [0.25, 0.3) is 6.08 Å². The summed E-state index contributed by atoms with van der Waals surface area (Å²) in [7, 11) is 4.67. The van der Waals surface area contributed by atoms with Gasteiger partial charge in [-0.2, -0.15) is 11.3 Å². The average molecular weight is 767 g/mol. The Kier molecular flexibility index (Phi) is 17.0. The topological polar surface area (TPSA) is 101 Å². The summed E-state index contributed by atoms with van der Waals surface area (Å²) >= 11 is 1.68. The minimum Gasteiger partial charge on any atom is -0.493 e. The highest BCUT2D eigenvalue weighted by atomic mass is 32.1. The fourth-order valence-corrected chi connectivity index (χ4v) is 8.80. The van der Waals surface area contributed by atoms with Gasteiger partial charge in [0.05, 0.1) is 33.8 Å². The number of nitrogens with zero attached hydrogens (tertiary/aromatic N) is 4. The SMILES string of the molecule is COc1cc(/C=C/C(=O)N2CCN(CC(=O)N3CCCC3)CC2)cc(OC)c1OC.O=C(OCCN1CCCCCC1)C(c1ccsc1)C1CCCCC1. The van der Waals surface area contributed by atoms with Gasteiger partial charge in [-0.3, -0.25) is 24.2 Å². The summed E-state index contributed by atoms with van der Waals surface area (Å²) in [5, 5.41) is 4.21. The monoisotopic (exact) mass is 766 g/mol. The molecule has 2 amide bonds. The van der Waals surface area contributed by atoms with Gasteiger partial charge in [0.1, 0.15) is 6.61 Å². The molecule has 4 aliphatic rings. The van der Waals surface area contributed by atoms with Crippen molar-refractivity contribution in [1.82, 2.24) is 19.6 Å². The maximum absolute atomic E-state index is 12.8. The zero-order chi connectivity index (χ0) is 38.1. The number of rotatable bonds is 13. The molecule has 1 aromatic carbocycles. The zero-order valence-corrected chi connectivity index (χ0v) is 33.6. The third kappa shape index (κ3) is 12.2. The highest BCUT2D eigenvalue weighted by molar-refractivity contribution is 7.08. The predicted octanol–water partition coefficient (Wildman–Crippen LogP) is 6.32. The van der Waals surface area contributed by atoms with Crippen molar-refractivity contribution in [1.29, 1.82) is 0 Å². The van der Waals surface area contributed by atoms with E-state index in [0.717, 1.165) is 51.1 Å². The number of ether oxygens (including phenoxy) is 4. The van der Waals surface area contributed by atoms with E-state index in [-0.39, 0.29) is 23.7 Å². The fraction of sp³-hybridized carbons (Fsp3) is 0.643. The number of carbonyl (C=O) groups is 3. The molecule has 0 radical (unpaired) electrons. The van der Waals surface area contributed by atoms with E-state index in [1.54, 1.807) is 57.0 Å². The summed E-state index contributed by atoms with van der Waals surface area (Å²) in [4.78, 5) is 46.1. The molecule has 4 fully saturated rings. The van der Waals surface area contributed by atoms with E-state index in [1.165, 1.54) is 63.4 Å². The zero-order valence-electron chi connectivity index (χ0n) is 32.8. The van der Waals surface area contributed by atoms with Crippen molar-refractivity contribution in [2.75, 3.05) is 93.4 Å². The minimum atomic E-state index is -0.0470. The molecule has 0 N–H and O–H groups in total. The molecule has 1 atom stereocenters. The smallest absolute Gasteiger partial charge is 0.313 e. The third-order valence-corrected chi connectivity index (χ3v) is 11.9. The van der Waals surface area contributed by atoms with Gasteiger partial charge >= 0.3 is 5.97 Å². The Bertz CT molecular complexity index is 1450.